The number of nitrogens with one attached hydrogen (secondary N) is 1. The fourth-order valence-corrected chi connectivity index (χ4v) is 4.51. The minimum atomic E-state index is -3.40. The molecule has 0 aliphatic rings. The van der Waals surface area contributed by atoms with Gasteiger partial charge in [-0.15, -0.1) is 0 Å². The predicted octanol–water partition coefficient (Wildman–Crippen LogP) is 6.82. The van der Waals surface area contributed by atoms with E-state index in [1.807, 2.05) is 17.6 Å². The lowest BCUT2D eigenvalue weighted by Crippen LogP contribution is -2.30. The SMILES string of the molecule is CCn1c(C(C)(C)Oc2ccc(NC(=O)Cc3ccc(C(F)(F)C(C)O)cc3)cc2F)nc2cc(Cl)ccc21. The summed E-state index contributed by atoms with van der Waals surface area (Å²) in [6, 6.07) is 14.6. The van der Waals surface area contributed by atoms with E-state index in [1.54, 1.807) is 26.0 Å². The van der Waals surface area contributed by atoms with Gasteiger partial charge in [0.15, 0.2) is 23.0 Å². The number of carbonyl (C=O) groups excluding carboxylic acids is 1. The fourth-order valence-electron chi connectivity index (χ4n) is 4.34. The van der Waals surface area contributed by atoms with Crippen molar-refractivity contribution in [2.75, 3.05) is 5.32 Å². The summed E-state index contributed by atoms with van der Waals surface area (Å²) in [7, 11) is 0. The van der Waals surface area contributed by atoms with Crippen molar-refractivity contribution in [3.05, 3.63) is 88.5 Å². The molecule has 1 amide bonds. The number of anilines is 1. The Morgan fingerprint density at radius 1 is 1.13 bits per heavy atom. The first-order valence-corrected chi connectivity index (χ1v) is 12.8. The van der Waals surface area contributed by atoms with Crippen LogP contribution in [-0.4, -0.2) is 26.7 Å². The van der Waals surface area contributed by atoms with Gasteiger partial charge in [0.1, 0.15) is 6.10 Å². The molecule has 1 atom stereocenters. The molecule has 1 unspecified atom stereocenters. The molecule has 4 aromatic rings. The molecule has 0 aliphatic heterocycles. The van der Waals surface area contributed by atoms with Crippen molar-refractivity contribution in [2.24, 2.45) is 0 Å². The van der Waals surface area contributed by atoms with E-state index in [2.05, 4.69) is 10.3 Å². The van der Waals surface area contributed by atoms with Crippen LogP contribution in [0.2, 0.25) is 5.02 Å². The van der Waals surface area contributed by atoms with Crippen LogP contribution in [0.4, 0.5) is 18.9 Å². The van der Waals surface area contributed by atoms with E-state index < -0.39 is 29.4 Å². The van der Waals surface area contributed by atoms with Crippen LogP contribution < -0.4 is 10.1 Å². The third-order valence-electron chi connectivity index (χ3n) is 6.37. The van der Waals surface area contributed by atoms with Gasteiger partial charge in [-0.25, -0.2) is 9.37 Å². The van der Waals surface area contributed by atoms with Gasteiger partial charge in [-0.3, -0.25) is 4.79 Å². The Morgan fingerprint density at radius 2 is 1.82 bits per heavy atom. The molecular weight excluding hydrogens is 531 g/mol. The Labute approximate surface area is 229 Å². The summed E-state index contributed by atoms with van der Waals surface area (Å²) < 4.78 is 50.9. The predicted molar refractivity (Wildman–Crippen MR) is 145 cm³/mol. The van der Waals surface area contributed by atoms with Crippen LogP contribution in [0.3, 0.4) is 0 Å². The molecule has 10 heteroatoms. The van der Waals surface area contributed by atoms with E-state index in [-0.39, 0.29) is 23.4 Å². The highest BCUT2D eigenvalue weighted by molar-refractivity contribution is 6.31. The molecule has 0 saturated heterocycles. The van der Waals surface area contributed by atoms with Crippen LogP contribution in [0.15, 0.2) is 60.7 Å². The maximum atomic E-state index is 15.0. The second kappa shape index (κ2) is 10.9. The number of alkyl halides is 2. The molecule has 2 N–H and O–H groups in total. The van der Waals surface area contributed by atoms with Gasteiger partial charge in [0.05, 0.1) is 17.5 Å². The van der Waals surface area contributed by atoms with Crippen LogP contribution in [0, 0.1) is 5.82 Å². The Bertz CT molecular complexity index is 1500. The van der Waals surface area contributed by atoms with E-state index in [0.717, 1.165) is 18.5 Å². The monoisotopic (exact) mass is 559 g/mol. The average Bonchev–Trinajstić information content (AvgIpc) is 3.24. The molecule has 0 spiro atoms. The van der Waals surface area contributed by atoms with Gasteiger partial charge in [0.2, 0.25) is 5.91 Å². The van der Waals surface area contributed by atoms with Crippen molar-refractivity contribution in [1.82, 2.24) is 9.55 Å². The first kappa shape index (κ1) is 28.4. The van der Waals surface area contributed by atoms with Crippen molar-refractivity contribution in [3.8, 4) is 5.75 Å². The molecule has 1 aromatic heterocycles. The molecule has 0 saturated carbocycles. The van der Waals surface area contributed by atoms with E-state index in [4.69, 9.17) is 16.3 Å². The normalized spacial score (nSPS) is 12.9. The van der Waals surface area contributed by atoms with Crippen LogP contribution in [0.1, 0.15) is 44.6 Å². The topological polar surface area (TPSA) is 76.4 Å². The van der Waals surface area contributed by atoms with Crippen LogP contribution in [-0.2, 0) is 29.3 Å². The van der Waals surface area contributed by atoms with Gasteiger partial charge in [-0.05, 0) is 63.6 Å². The number of aliphatic hydroxyl groups is 1. The number of amides is 1. The number of aromatic nitrogens is 2. The Hall–Kier alpha value is -3.56. The zero-order valence-corrected chi connectivity index (χ0v) is 22.7. The number of rotatable bonds is 9. The summed E-state index contributed by atoms with van der Waals surface area (Å²) >= 11 is 6.12. The zero-order chi connectivity index (χ0) is 28.5. The maximum Gasteiger partial charge on any atom is 0.298 e. The van der Waals surface area contributed by atoms with Gasteiger partial charge in [-0.2, -0.15) is 8.78 Å². The molecule has 0 bridgehead atoms. The van der Waals surface area contributed by atoms with E-state index in [0.29, 0.717) is 28.5 Å². The third-order valence-corrected chi connectivity index (χ3v) is 6.61. The van der Waals surface area contributed by atoms with Crippen molar-refractivity contribution in [2.45, 2.75) is 58.3 Å². The number of halogens is 4. The van der Waals surface area contributed by atoms with Crippen LogP contribution in [0.25, 0.3) is 11.0 Å². The molecule has 0 radical (unpaired) electrons. The molecule has 206 valence electrons. The molecule has 39 heavy (non-hydrogen) atoms. The summed E-state index contributed by atoms with van der Waals surface area (Å²) in [4.78, 5) is 17.2. The standard InChI is InChI=1S/C29H29ClF3N3O3/c1-5-36-24-12-10-20(30)15-23(24)35-27(36)28(3,4)39-25-13-11-21(16-22(25)31)34-26(38)14-18-6-8-19(9-7-18)29(32,33)17(2)37/h6-13,15-17,37H,5,14H2,1-4H3,(H,34,38). The van der Waals surface area contributed by atoms with Crippen molar-refractivity contribution in [1.29, 1.82) is 0 Å². The zero-order valence-electron chi connectivity index (χ0n) is 21.9. The Kier molecular flexibility index (Phi) is 7.95. The number of aryl methyl sites for hydroxylation is 1. The second-order valence-electron chi connectivity index (χ2n) is 9.79. The van der Waals surface area contributed by atoms with Crippen molar-refractivity contribution < 1.29 is 27.8 Å². The molecular formula is C29H29ClF3N3O3. The van der Waals surface area contributed by atoms with Crippen LogP contribution in [0.5, 0.6) is 5.75 Å². The van der Waals surface area contributed by atoms with E-state index in [9.17, 15) is 18.7 Å². The molecule has 1 heterocycles. The highest BCUT2D eigenvalue weighted by atomic mass is 35.5. The lowest BCUT2D eigenvalue weighted by atomic mass is 10.0. The molecule has 6 nitrogen and oxygen atoms in total. The highest BCUT2D eigenvalue weighted by Crippen LogP contribution is 2.34. The lowest BCUT2D eigenvalue weighted by molar-refractivity contribution is -0.115. The molecule has 4 rings (SSSR count). The van der Waals surface area contributed by atoms with Gasteiger partial charge < -0.3 is 19.7 Å². The lowest BCUT2D eigenvalue weighted by Gasteiger charge is -2.27. The van der Waals surface area contributed by atoms with Gasteiger partial charge in [0, 0.05) is 28.9 Å². The minimum absolute atomic E-state index is 0.0135. The number of hydrogen-bond donors (Lipinski definition) is 2. The summed E-state index contributed by atoms with van der Waals surface area (Å²) in [6.45, 7) is 7.20. The number of nitrogens with zero attached hydrogens (tertiary/aromatic N) is 2. The largest absolute Gasteiger partial charge is 0.477 e. The summed E-state index contributed by atoms with van der Waals surface area (Å²) in [5, 5.41) is 12.4. The number of imidazole rings is 1. The van der Waals surface area contributed by atoms with E-state index in [1.165, 1.54) is 36.4 Å². The number of aliphatic hydroxyl groups excluding tert-OH is 1. The Morgan fingerprint density at radius 3 is 2.44 bits per heavy atom. The highest BCUT2D eigenvalue weighted by Gasteiger charge is 2.37. The maximum absolute atomic E-state index is 15.0. The Balaban J connectivity index is 1.45. The second-order valence-corrected chi connectivity index (χ2v) is 10.2. The number of hydrogen-bond acceptors (Lipinski definition) is 4. The van der Waals surface area contributed by atoms with Gasteiger partial charge >= 0.3 is 0 Å². The summed E-state index contributed by atoms with van der Waals surface area (Å²) in [6.07, 6.45) is -1.95. The number of benzene rings is 3. The number of carbonyl (C=O) groups is 1. The van der Waals surface area contributed by atoms with Crippen molar-refractivity contribution >= 4 is 34.2 Å². The molecule has 0 aliphatic carbocycles. The summed E-state index contributed by atoms with van der Waals surface area (Å²) in [5.41, 5.74) is 0.958. The number of fused-ring (bicyclic) bond motifs is 1. The first-order valence-electron chi connectivity index (χ1n) is 12.4. The quantitative estimate of drug-likeness (QED) is 0.236. The van der Waals surface area contributed by atoms with Crippen LogP contribution >= 0.6 is 11.6 Å². The van der Waals surface area contributed by atoms with Crippen molar-refractivity contribution in [3.63, 3.8) is 0 Å². The van der Waals surface area contributed by atoms with Gasteiger partial charge in [-0.1, -0.05) is 35.9 Å². The van der Waals surface area contributed by atoms with E-state index >= 15 is 4.39 Å². The van der Waals surface area contributed by atoms with Gasteiger partial charge in [0.25, 0.3) is 5.92 Å². The smallest absolute Gasteiger partial charge is 0.298 e. The summed E-state index contributed by atoms with van der Waals surface area (Å²) in [5.74, 6) is -3.92. The molecule has 3 aromatic carbocycles. The minimum Gasteiger partial charge on any atom is -0.477 e. The third kappa shape index (κ3) is 6.04. The molecule has 0 fully saturated rings. The average molecular weight is 560 g/mol. The first-order chi connectivity index (χ1) is 18.3. The fraction of sp³-hybridized carbons (Fsp3) is 0.310. The number of ether oxygens (including phenoxy) is 1.